The number of benzene rings is 1. The van der Waals surface area contributed by atoms with Crippen LogP contribution in [0.2, 0.25) is 0 Å². The van der Waals surface area contributed by atoms with Gasteiger partial charge in [-0.2, -0.15) is 0 Å². The molecule has 1 aliphatic heterocycles. The van der Waals surface area contributed by atoms with Crippen LogP contribution < -0.4 is 5.32 Å². The Balaban J connectivity index is 1.87. The van der Waals surface area contributed by atoms with Crippen LogP contribution in [0.3, 0.4) is 0 Å². The maximum atomic E-state index is 12.0. The number of rotatable bonds is 3. The molecule has 0 radical (unpaired) electrons. The van der Waals surface area contributed by atoms with Crippen molar-refractivity contribution in [2.75, 3.05) is 5.32 Å². The lowest BCUT2D eigenvalue weighted by molar-refractivity contribution is -0.111. The van der Waals surface area contributed by atoms with E-state index in [1.807, 2.05) is 25.1 Å². The van der Waals surface area contributed by atoms with Crippen LogP contribution in [0.25, 0.3) is 20.8 Å². The van der Waals surface area contributed by atoms with Crippen LogP contribution in [0.5, 0.6) is 0 Å². The van der Waals surface area contributed by atoms with Gasteiger partial charge in [0.15, 0.2) is 0 Å². The van der Waals surface area contributed by atoms with Gasteiger partial charge in [-0.25, -0.2) is 9.78 Å². The van der Waals surface area contributed by atoms with Crippen molar-refractivity contribution in [2.45, 2.75) is 25.9 Å². The standard InChI is InChI=1S/C19H16BrN3O3S2/c1-3-15(24)22-18-16(17-21-12-7-10(20)4-5-13(12)27-17)11-6-9(2)23(19(25)26)8-14(11)28-18/h3-5,7,9H,1,6,8H2,2H3,(H,22,24)(H,25,26). The van der Waals surface area contributed by atoms with Gasteiger partial charge in [-0.15, -0.1) is 22.7 Å². The van der Waals surface area contributed by atoms with Crippen LogP contribution >= 0.6 is 38.6 Å². The van der Waals surface area contributed by atoms with Crippen LogP contribution in [0, 0.1) is 0 Å². The summed E-state index contributed by atoms with van der Waals surface area (Å²) in [5, 5.41) is 13.9. The number of nitrogens with one attached hydrogen (secondary N) is 1. The number of nitrogens with zero attached hydrogens (tertiary/aromatic N) is 2. The summed E-state index contributed by atoms with van der Waals surface area (Å²) >= 11 is 6.44. The molecule has 3 aromatic rings. The molecular weight excluding hydrogens is 462 g/mol. The number of thiazole rings is 1. The highest BCUT2D eigenvalue weighted by Crippen LogP contribution is 2.46. The average molecular weight is 478 g/mol. The summed E-state index contributed by atoms with van der Waals surface area (Å²) in [7, 11) is 0. The Bertz CT molecular complexity index is 1120. The normalized spacial score (nSPS) is 16.1. The van der Waals surface area contributed by atoms with E-state index < -0.39 is 6.09 Å². The topological polar surface area (TPSA) is 82.5 Å². The van der Waals surface area contributed by atoms with Crippen molar-refractivity contribution in [3.8, 4) is 10.6 Å². The number of hydrogen-bond acceptors (Lipinski definition) is 5. The number of aromatic nitrogens is 1. The lowest BCUT2D eigenvalue weighted by atomic mass is 9.98. The Labute approximate surface area is 177 Å². The molecule has 6 nitrogen and oxygen atoms in total. The van der Waals surface area contributed by atoms with Crippen molar-refractivity contribution in [1.29, 1.82) is 0 Å². The molecule has 0 bridgehead atoms. The minimum atomic E-state index is -0.936. The smallest absolute Gasteiger partial charge is 0.407 e. The molecule has 0 saturated carbocycles. The number of halogens is 1. The van der Waals surface area contributed by atoms with E-state index in [9.17, 15) is 14.7 Å². The van der Waals surface area contributed by atoms with E-state index in [0.29, 0.717) is 18.0 Å². The fraction of sp³-hybridized carbons (Fsp3) is 0.211. The summed E-state index contributed by atoms with van der Waals surface area (Å²) in [5.41, 5.74) is 2.84. The molecule has 1 atom stereocenters. The highest BCUT2D eigenvalue weighted by molar-refractivity contribution is 9.10. The van der Waals surface area contributed by atoms with Crippen LogP contribution in [-0.4, -0.2) is 33.0 Å². The van der Waals surface area contributed by atoms with Crippen molar-refractivity contribution < 1.29 is 14.7 Å². The molecule has 1 aromatic carbocycles. The zero-order valence-electron chi connectivity index (χ0n) is 14.9. The quantitative estimate of drug-likeness (QED) is 0.498. The number of anilines is 1. The van der Waals surface area contributed by atoms with Gasteiger partial charge in [0, 0.05) is 21.0 Å². The second-order valence-electron chi connectivity index (χ2n) is 6.50. The fourth-order valence-electron chi connectivity index (χ4n) is 3.31. The summed E-state index contributed by atoms with van der Waals surface area (Å²) in [5.74, 6) is -0.299. The second-order valence-corrected chi connectivity index (χ2v) is 9.55. The Morgan fingerprint density at radius 3 is 2.93 bits per heavy atom. The number of carbonyl (C=O) groups excluding carboxylic acids is 1. The molecule has 2 N–H and O–H groups in total. The van der Waals surface area contributed by atoms with Crippen molar-refractivity contribution in [3.63, 3.8) is 0 Å². The minimum absolute atomic E-state index is 0.148. The minimum Gasteiger partial charge on any atom is -0.465 e. The van der Waals surface area contributed by atoms with Gasteiger partial charge < -0.3 is 15.3 Å². The molecule has 9 heteroatoms. The highest BCUT2D eigenvalue weighted by Gasteiger charge is 2.33. The molecule has 28 heavy (non-hydrogen) atoms. The predicted molar refractivity (Wildman–Crippen MR) is 116 cm³/mol. The first-order chi connectivity index (χ1) is 13.4. The first-order valence-corrected chi connectivity index (χ1v) is 10.9. The molecule has 3 heterocycles. The van der Waals surface area contributed by atoms with Gasteiger partial charge >= 0.3 is 6.09 Å². The zero-order chi connectivity index (χ0) is 20.0. The second kappa shape index (κ2) is 7.31. The summed E-state index contributed by atoms with van der Waals surface area (Å²) < 4.78 is 2.00. The lowest BCUT2D eigenvalue weighted by Gasteiger charge is -2.31. The maximum Gasteiger partial charge on any atom is 0.407 e. The molecule has 1 aliphatic rings. The van der Waals surface area contributed by atoms with Crippen LogP contribution in [0.15, 0.2) is 35.3 Å². The van der Waals surface area contributed by atoms with E-state index in [2.05, 4.69) is 27.8 Å². The molecule has 0 fully saturated rings. The Morgan fingerprint density at radius 1 is 1.43 bits per heavy atom. The molecule has 0 saturated heterocycles. The largest absolute Gasteiger partial charge is 0.465 e. The molecule has 144 valence electrons. The van der Waals surface area contributed by atoms with Crippen LogP contribution in [0.1, 0.15) is 17.4 Å². The van der Waals surface area contributed by atoms with E-state index >= 15 is 0 Å². The van der Waals surface area contributed by atoms with E-state index in [0.717, 1.165) is 35.7 Å². The monoisotopic (exact) mass is 477 g/mol. The van der Waals surface area contributed by atoms with Crippen molar-refractivity contribution in [2.24, 2.45) is 0 Å². The number of amides is 2. The van der Waals surface area contributed by atoms with E-state index in [4.69, 9.17) is 4.98 Å². The first-order valence-electron chi connectivity index (χ1n) is 8.51. The molecule has 4 rings (SSSR count). The van der Waals surface area contributed by atoms with Gasteiger partial charge in [0.05, 0.1) is 16.8 Å². The van der Waals surface area contributed by atoms with E-state index in [1.54, 1.807) is 11.3 Å². The fourth-order valence-corrected chi connectivity index (χ4v) is 5.98. The van der Waals surface area contributed by atoms with Crippen LogP contribution in [0.4, 0.5) is 9.80 Å². The van der Waals surface area contributed by atoms with Crippen molar-refractivity contribution in [3.05, 3.63) is 45.8 Å². The van der Waals surface area contributed by atoms with Gasteiger partial charge in [-0.1, -0.05) is 22.5 Å². The number of carboxylic acid groups (broad SMARTS) is 1. The Hall–Kier alpha value is -2.23. The van der Waals surface area contributed by atoms with Crippen molar-refractivity contribution >= 4 is 65.8 Å². The van der Waals surface area contributed by atoms with Gasteiger partial charge in [0.2, 0.25) is 5.91 Å². The number of hydrogen-bond donors (Lipinski definition) is 2. The zero-order valence-corrected chi connectivity index (χ0v) is 18.1. The molecule has 2 amide bonds. The molecule has 1 unspecified atom stereocenters. The third kappa shape index (κ3) is 3.34. The summed E-state index contributed by atoms with van der Waals surface area (Å²) in [4.78, 5) is 30.7. The predicted octanol–water partition coefficient (Wildman–Crippen LogP) is 5.34. The summed E-state index contributed by atoms with van der Waals surface area (Å²) in [6, 6.07) is 5.80. The maximum absolute atomic E-state index is 12.0. The Morgan fingerprint density at radius 2 is 2.21 bits per heavy atom. The molecule has 0 spiro atoms. The number of carbonyl (C=O) groups is 2. The van der Waals surface area contributed by atoms with Gasteiger partial charge in [-0.3, -0.25) is 4.79 Å². The highest BCUT2D eigenvalue weighted by atomic mass is 79.9. The van der Waals surface area contributed by atoms with E-state index in [-0.39, 0.29) is 11.9 Å². The van der Waals surface area contributed by atoms with Gasteiger partial charge in [0.1, 0.15) is 10.0 Å². The van der Waals surface area contributed by atoms with Gasteiger partial charge in [-0.05, 0) is 43.2 Å². The summed E-state index contributed by atoms with van der Waals surface area (Å²) in [6.07, 6.45) is 0.871. The SMILES string of the molecule is C=CC(=O)Nc1sc2c(c1-c1nc3cc(Br)ccc3s1)CC(C)N(C(=O)O)C2. The van der Waals surface area contributed by atoms with E-state index in [1.165, 1.54) is 22.3 Å². The third-order valence-corrected chi connectivity index (χ3v) is 7.35. The van der Waals surface area contributed by atoms with Crippen molar-refractivity contribution in [1.82, 2.24) is 9.88 Å². The molecule has 2 aromatic heterocycles. The van der Waals surface area contributed by atoms with Gasteiger partial charge in [0.25, 0.3) is 0 Å². The summed E-state index contributed by atoms with van der Waals surface area (Å²) in [6.45, 7) is 5.73. The number of thiophene rings is 1. The lowest BCUT2D eigenvalue weighted by Crippen LogP contribution is -2.41. The van der Waals surface area contributed by atoms with Crippen LogP contribution in [-0.2, 0) is 17.8 Å². The Kier molecular flexibility index (Phi) is 4.98. The third-order valence-electron chi connectivity index (χ3n) is 4.67. The molecular formula is C19H16BrN3O3S2. The first kappa shape index (κ1) is 19.1. The number of fused-ring (bicyclic) bond motifs is 2. The molecule has 0 aliphatic carbocycles. The average Bonchev–Trinajstić information content (AvgIpc) is 3.20.